The molecule has 0 saturated carbocycles. The van der Waals surface area contributed by atoms with Gasteiger partial charge in [0, 0.05) is 6.61 Å². The zero-order valence-electron chi connectivity index (χ0n) is 5.61. The van der Waals surface area contributed by atoms with Gasteiger partial charge in [0.05, 0.1) is 0 Å². The molecule has 1 rings (SSSR count). The lowest BCUT2D eigenvalue weighted by molar-refractivity contribution is 0.158. The van der Waals surface area contributed by atoms with Crippen molar-refractivity contribution in [3.05, 3.63) is 0 Å². The largest absolute Gasteiger partial charge is 0.440 e. The maximum atomic E-state index is 5.16. The second kappa shape index (κ2) is 2.10. The van der Waals surface area contributed by atoms with Gasteiger partial charge >= 0.3 is 0 Å². The van der Waals surface area contributed by atoms with Crippen molar-refractivity contribution < 1.29 is 4.65 Å². The molecular weight excluding hydrogens is 98.9 g/mol. The van der Waals surface area contributed by atoms with Gasteiger partial charge in [0.15, 0.2) is 0 Å². The van der Waals surface area contributed by atoms with Crippen LogP contribution in [0.4, 0.5) is 0 Å². The Hall–Kier alpha value is 0.0249. The molecule has 1 nitrogen and oxygen atoms in total. The van der Waals surface area contributed by atoms with Crippen LogP contribution in [0.1, 0.15) is 20.3 Å². The zero-order chi connectivity index (χ0) is 6.04. The van der Waals surface area contributed by atoms with Gasteiger partial charge in [-0.2, -0.15) is 0 Å². The molecule has 0 aromatic heterocycles. The molecule has 0 atom stereocenters. The fraction of sp³-hybridized carbons (Fsp3) is 1.00. The first-order valence-electron chi connectivity index (χ1n) is 3.14. The minimum Gasteiger partial charge on any atom is -0.440 e. The summed E-state index contributed by atoms with van der Waals surface area (Å²) in [5.74, 6) is 0. The Kier molecular flexibility index (Phi) is 1.61. The van der Waals surface area contributed by atoms with E-state index in [9.17, 15) is 0 Å². The van der Waals surface area contributed by atoms with Crippen LogP contribution in [-0.2, 0) is 4.65 Å². The Morgan fingerprint density at radius 3 is 2.50 bits per heavy atom. The summed E-state index contributed by atoms with van der Waals surface area (Å²) < 4.78 is 5.16. The third kappa shape index (κ3) is 1.51. The van der Waals surface area contributed by atoms with E-state index in [0.29, 0.717) is 5.41 Å². The lowest BCUT2D eigenvalue weighted by Crippen LogP contribution is -2.26. The summed E-state index contributed by atoms with van der Waals surface area (Å²) >= 11 is 0. The highest BCUT2D eigenvalue weighted by molar-refractivity contribution is 6.27. The summed E-state index contributed by atoms with van der Waals surface area (Å²) in [4.78, 5) is 0. The summed E-state index contributed by atoms with van der Waals surface area (Å²) in [5.41, 5.74) is 0.425. The highest BCUT2D eigenvalue weighted by Gasteiger charge is 2.21. The maximum absolute atomic E-state index is 5.16. The molecule has 1 fully saturated rings. The van der Waals surface area contributed by atoms with Gasteiger partial charge in [0.1, 0.15) is 0 Å². The highest BCUT2D eigenvalue weighted by Crippen LogP contribution is 2.25. The molecule has 0 spiro atoms. The van der Waals surface area contributed by atoms with Gasteiger partial charge in [-0.25, -0.2) is 0 Å². The van der Waals surface area contributed by atoms with Crippen molar-refractivity contribution in [3.63, 3.8) is 0 Å². The van der Waals surface area contributed by atoms with Crippen molar-refractivity contribution in [2.24, 2.45) is 5.41 Å². The van der Waals surface area contributed by atoms with E-state index in [4.69, 9.17) is 4.65 Å². The fourth-order valence-electron chi connectivity index (χ4n) is 0.890. The minimum atomic E-state index is 0.425. The van der Waals surface area contributed by atoms with Crippen LogP contribution in [0.5, 0.6) is 0 Å². The highest BCUT2D eigenvalue weighted by atomic mass is 16.4. The monoisotopic (exact) mass is 111 g/mol. The second-order valence-corrected chi connectivity index (χ2v) is 3.18. The Balaban J connectivity index is 2.33. The first-order valence-corrected chi connectivity index (χ1v) is 3.14. The van der Waals surface area contributed by atoms with Crippen LogP contribution in [0.15, 0.2) is 0 Å². The molecule has 0 unspecified atom stereocenters. The van der Waals surface area contributed by atoms with Gasteiger partial charge in [-0.15, -0.1) is 0 Å². The number of hydrogen-bond donors (Lipinski definition) is 0. The van der Waals surface area contributed by atoms with E-state index in [2.05, 4.69) is 13.8 Å². The molecule has 2 heteroatoms. The fourth-order valence-corrected chi connectivity index (χ4v) is 0.890. The Labute approximate surface area is 51.7 Å². The van der Waals surface area contributed by atoms with Gasteiger partial charge in [-0.05, 0) is 5.41 Å². The molecule has 1 heterocycles. The van der Waals surface area contributed by atoms with Crippen molar-refractivity contribution in [1.29, 1.82) is 0 Å². The molecule has 0 amide bonds. The predicted molar refractivity (Wildman–Crippen MR) is 34.9 cm³/mol. The average molecular weight is 111 g/mol. The average Bonchev–Trinajstić information content (AvgIpc) is 1.65. The molecule has 8 heavy (non-hydrogen) atoms. The molecule has 1 aliphatic rings. The molecular formula is C6H12BO. The predicted octanol–water partition coefficient (Wildman–Crippen LogP) is 1.47. The summed E-state index contributed by atoms with van der Waals surface area (Å²) in [6, 6.07) is 0. The Bertz CT molecular complexity index is 72.6. The molecule has 0 bridgehead atoms. The molecule has 1 aliphatic heterocycles. The lowest BCUT2D eigenvalue weighted by Gasteiger charge is -2.28. The van der Waals surface area contributed by atoms with E-state index < -0.39 is 0 Å². The summed E-state index contributed by atoms with van der Waals surface area (Å²) in [6.45, 7) is 5.37. The summed E-state index contributed by atoms with van der Waals surface area (Å²) in [7, 11) is 1.91. The topological polar surface area (TPSA) is 9.23 Å². The smallest absolute Gasteiger partial charge is 0.292 e. The second-order valence-electron chi connectivity index (χ2n) is 3.18. The van der Waals surface area contributed by atoms with Crippen molar-refractivity contribution in [2.45, 2.75) is 26.6 Å². The van der Waals surface area contributed by atoms with Crippen molar-refractivity contribution >= 4 is 7.48 Å². The SMILES string of the molecule is CC1(C)CC[B]OC1. The van der Waals surface area contributed by atoms with E-state index in [1.807, 2.05) is 7.48 Å². The van der Waals surface area contributed by atoms with Gasteiger partial charge in [0.2, 0.25) is 0 Å². The van der Waals surface area contributed by atoms with Crippen molar-refractivity contribution in [3.8, 4) is 0 Å². The molecule has 0 N–H and O–H groups in total. The zero-order valence-corrected chi connectivity index (χ0v) is 5.61. The van der Waals surface area contributed by atoms with Crippen LogP contribution < -0.4 is 0 Å². The third-order valence-electron chi connectivity index (χ3n) is 1.53. The van der Waals surface area contributed by atoms with Crippen LogP contribution in [0.2, 0.25) is 6.32 Å². The van der Waals surface area contributed by atoms with E-state index in [-0.39, 0.29) is 0 Å². The Morgan fingerprint density at radius 1 is 1.50 bits per heavy atom. The van der Waals surface area contributed by atoms with Gasteiger partial charge in [-0.3, -0.25) is 0 Å². The van der Waals surface area contributed by atoms with E-state index in [1.165, 1.54) is 6.42 Å². The van der Waals surface area contributed by atoms with Crippen LogP contribution in [0.25, 0.3) is 0 Å². The van der Waals surface area contributed by atoms with Crippen LogP contribution in [0, 0.1) is 5.41 Å². The standard InChI is InChI=1S/C6H12BO/c1-6(2)3-4-7-8-5-6/h3-5H2,1-2H3. The van der Waals surface area contributed by atoms with E-state index in [1.54, 1.807) is 0 Å². The number of hydrogen-bond acceptors (Lipinski definition) is 1. The summed E-state index contributed by atoms with van der Waals surface area (Å²) in [6.07, 6.45) is 2.39. The first-order chi connectivity index (χ1) is 3.71. The molecule has 0 aromatic rings. The first kappa shape index (κ1) is 6.15. The van der Waals surface area contributed by atoms with Gasteiger partial charge in [0.25, 0.3) is 7.48 Å². The van der Waals surface area contributed by atoms with Crippen LogP contribution in [0.3, 0.4) is 0 Å². The van der Waals surface area contributed by atoms with Crippen LogP contribution >= 0.6 is 0 Å². The van der Waals surface area contributed by atoms with Crippen molar-refractivity contribution in [1.82, 2.24) is 0 Å². The van der Waals surface area contributed by atoms with E-state index in [0.717, 1.165) is 12.9 Å². The van der Waals surface area contributed by atoms with Gasteiger partial charge in [-0.1, -0.05) is 26.6 Å². The summed E-state index contributed by atoms with van der Waals surface area (Å²) in [5, 5.41) is 0. The maximum Gasteiger partial charge on any atom is 0.292 e. The normalized spacial score (nSPS) is 26.8. The van der Waals surface area contributed by atoms with E-state index >= 15 is 0 Å². The molecule has 45 valence electrons. The molecule has 0 aromatic carbocycles. The molecule has 1 radical (unpaired) electrons. The Morgan fingerprint density at radius 2 is 2.25 bits per heavy atom. The third-order valence-corrected chi connectivity index (χ3v) is 1.53. The minimum absolute atomic E-state index is 0.425. The van der Waals surface area contributed by atoms with Crippen molar-refractivity contribution in [2.75, 3.05) is 6.61 Å². The molecule has 1 saturated heterocycles. The quantitative estimate of drug-likeness (QED) is 0.430. The number of rotatable bonds is 0. The van der Waals surface area contributed by atoms with Gasteiger partial charge < -0.3 is 4.65 Å². The molecule has 0 aliphatic carbocycles. The van der Waals surface area contributed by atoms with Crippen LogP contribution in [-0.4, -0.2) is 14.1 Å². The lowest BCUT2D eigenvalue weighted by atomic mass is 9.76.